The van der Waals surface area contributed by atoms with Crippen molar-refractivity contribution in [2.45, 2.75) is 32.4 Å². The molecule has 0 aliphatic heterocycles. The van der Waals surface area contributed by atoms with Crippen molar-refractivity contribution in [3.63, 3.8) is 0 Å². The molecule has 146 valence electrons. The van der Waals surface area contributed by atoms with Gasteiger partial charge in [0.1, 0.15) is 11.6 Å². The van der Waals surface area contributed by atoms with E-state index in [-0.39, 0.29) is 11.9 Å². The van der Waals surface area contributed by atoms with Crippen LogP contribution in [0.5, 0.6) is 5.75 Å². The zero-order chi connectivity index (χ0) is 19.9. The van der Waals surface area contributed by atoms with E-state index in [0.717, 1.165) is 36.2 Å². The minimum Gasteiger partial charge on any atom is -0.492 e. The molecule has 1 aromatic heterocycles. The Morgan fingerprint density at radius 3 is 2.79 bits per heavy atom. The Hall–Kier alpha value is -2.79. The zero-order valence-corrected chi connectivity index (χ0v) is 16.7. The van der Waals surface area contributed by atoms with Crippen molar-refractivity contribution in [1.29, 1.82) is 0 Å². The summed E-state index contributed by atoms with van der Waals surface area (Å²) in [4.78, 5) is 16.4. The quantitative estimate of drug-likeness (QED) is 0.412. The molecule has 5 nitrogen and oxygen atoms in total. The maximum absolute atomic E-state index is 11.7. The van der Waals surface area contributed by atoms with Crippen molar-refractivity contribution in [3.05, 3.63) is 72.0 Å². The van der Waals surface area contributed by atoms with Crippen molar-refractivity contribution in [2.24, 2.45) is 0 Å². The van der Waals surface area contributed by atoms with Crippen molar-refractivity contribution in [1.82, 2.24) is 14.9 Å². The van der Waals surface area contributed by atoms with Crippen LogP contribution in [0.2, 0.25) is 5.02 Å². The number of imidazole rings is 1. The number of rotatable bonds is 9. The monoisotopic (exact) mass is 397 g/mol. The zero-order valence-electron chi connectivity index (χ0n) is 15.9. The summed E-state index contributed by atoms with van der Waals surface area (Å²) in [5.41, 5.74) is 1.98. The Morgan fingerprint density at radius 2 is 2.00 bits per heavy atom. The molecular formula is C22H24ClN3O2. The van der Waals surface area contributed by atoms with Gasteiger partial charge >= 0.3 is 0 Å². The van der Waals surface area contributed by atoms with E-state index in [9.17, 15) is 4.79 Å². The topological polar surface area (TPSA) is 56.2 Å². The number of aromatic nitrogens is 2. The smallest absolute Gasteiger partial charge is 0.243 e. The van der Waals surface area contributed by atoms with Gasteiger partial charge in [-0.25, -0.2) is 4.98 Å². The molecule has 1 N–H and O–H groups in total. The number of halogens is 1. The summed E-state index contributed by atoms with van der Waals surface area (Å²) in [7, 11) is 0. The summed E-state index contributed by atoms with van der Waals surface area (Å²) in [6, 6.07) is 15.3. The molecule has 0 saturated carbocycles. The van der Waals surface area contributed by atoms with Gasteiger partial charge < -0.3 is 14.6 Å². The minimum absolute atomic E-state index is 0.209. The standard InChI is InChI=1S/C22H24ClN3O2/c1-3-21(27)24-16(2)22-25-18-11-5-6-12-19(18)26(22)14-8-9-15-28-20-13-7-4-10-17(20)23/h3-7,10-13,16H,1,8-9,14-15H2,2H3,(H,24,27). The molecule has 0 bridgehead atoms. The predicted molar refractivity (Wildman–Crippen MR) is 113 cm³/mol. The fourth-order valence-electron chi connectivity index (χ4n) is 3.11. The van der Waals surface area contributed by atoms with Crippen molar-refractivity contribution < 1.29 is 9.53 Å². The van der Waals surface area contributed by atoms with Crippen LogP contribution in [-0.2, 0) is 11.3 Å². The highest BCUT2D eigenvalue weighted by Gasteiger charge is 2.17. The van der Waals surface area contributed by atoms with Crippen LogP contribution in [0.3, 0.4) is 0 Å². The van der Waals surface area contributed by atoms with Gasteiger partial charge in [0.15, 0.2) is 0 Å². The third-order valence-electron chi connectivity index (χ3n) is 4.49. The van der Waals surface area contributed by atoms with Crippen molar-refractivity contribution >= 4 is 28.5 Å². The Morgan fingerprint density at radius 1 is 1.25 bits per heavy atom. The molecule has 1 unspecified atom stereocenters. The molecule has 3 aromatic rings. The van der Waals surface area contributed by atoms with Crippen LogP contribution < -0.4 is 10.1 Å². The number of nitrogens with zero attached hydrogens (tertiary/aromatic N) is 2. The van der Waals surface area contributed by atoms with E-state index < -0.39 is 0 Å². The van der Waals surface area contributed by atoms with Gasteiger partial charge in [0, 0.05) is 6.54 Å². The number of benzene rings is 2. The molecule has 1 atom stereocenters. The van der Waals surface area contributed by atoms with Crippen LogP contribution in [0.15, 0.2) is 61.2 Å². The highest BCUT2D eigenvalue weighted by Crippen LogP contribution is 2.24. The van der Waals surface area contributed by atoms with E-state index in [0.29, 0.717) is 17.4 Å². The third-order valence-corrected chi connectivity index (χ3v) is 4.80. The number of hydrogen-bond donors (Lipinski definition) is 1. The Bertz CT molecular complexity index is 967. The van der Waals surface area contributed by atoms with Crippen LogP contribution in [0, 0.1) is 0 Å². The summed E-state index contributed by atoms with van der Waals surface area (Å²) in [5, 5.41) is 3.52. The first-order valence-electron chi connectivity index (χ1n) is 9.35. The number of hydrogen-bond acceptors (Lipinski definition) is 3. The van der Waals surface area contributed by atoms with Crippen LogP contribution in [-0.4, -0.2) is 22.1 Å². The second-order valence-corrected chi connectivity index (χ2v) is 6.94. The molecule has 6 heteroatoms. The van der Waals surface area contributed by atoms with Gasteiger partial charge in [-0.3, -0.25) is 4.79 Å². The molecule has 2 aromatic carbocycles. The van der Waals surface area contributed by atoms with E-state index in [1.165, 1.54) is 6.08 Å². The molecule has 3 rings (SSSR count). The summed E-state index contributed by atoms with van der Waals surface area (Å²) >= 11 is 6.11. The first kappa shape index (κ1) is 20.0. The second-order valence-electron chi connectivity index (χ2n) is 6.53. The van der Waals surface area contributed by atoms with Gasteiger partial charge in [-0.05, 0) is 50.1 Å². The molecule has 0 fully saturated rings. The second kappa shape index (κ2) is 9.42. The Labute approximate surface area is 170 Å². The summed E-state index contributed by atoms with van der Waals surface area (Å²) in [6.07, 6.45) is 3.07. The number of ether oxygens (including phenoxy) is 1. The largest absolute Gasteiger partial charge is 0.492 e. The summed E-state index contributed by atoms with van der Waals surface area (Å²) < 4.78 is 7.93. The normalized spacial score (nSPS) is 11.9. The Kier molecular flexibility index (Phi) is 6.71. The van der Waals surface area contributed by atoms with Crippen LogP contribution in [0.25, 0.3) is 11.0 Å². The van der Waals surface area contributed by atoms with E-state index in [4.69, 9.17) is 21.3 Å². The number of unbranched alkanes of at least 4 members (excludes halogenated alkanes) is 1. The highest BCUT2D eigenvalue weighted by atomic mass is 35.5. The number of para-hydroxylation sites is 3. The molecule has 1 heterocycles. The van der Waals surface area contributed by atoms with Crippen molar-refractivity contribution in [3.8, 4) is 5.75 Å². The van der Waals surface area contributed by atoms with E-state index >= 15 is 0 Å². The highest BCUT2D eigenvalue weighted by molar-refractivity contribution is 6.32. The lowest BCUT2D eigenvalue weighted by Gasteiger charge is -2.15. The molecule has 0 aliphatic carbocycles. The average molecular weight is 398 g/mol. The van der Waals surface area contributed by atoms with Crippen LogP contribution >= 0.6 is 11.6 Å². The number of fused-ring (bicyclic) bond motifs is 1. The van der Waals surface area contributed by atoms with Gasteiger partial charge in [-0.1, -0.05) is 42.4 Å². The fraction of sp³-hybridized carbons (Fsp3) is 0.273. The third kappa shape index (κ3) is 4.73. The number of aryl methyl sites for hydroxylation is 1. The SMILES string of the molecule is C=CC(=O)NC(C)c1nc2ccccc2n1CCCCOc1ccccc1Cl. The average Bonchev–Trinajstić information content (AvgIpc) is 3.08. The molecule has 0 aliphatic rings. The fourth-order valence-corrected chi connectivity index (χ4v) is 3.30. The maximum Gasteiger partial charge on any atom is 0.243 e. The lowest BCUT2D eigenvalue weighted by atomic mass is 10.2. The minimum atomic E-state index is -0.211. The summed E-state index contributed by atoms with van der Waals surface area (Å²) in [5.74, 6) is 1.33. The molecular weight excluding hydrogens is 374 g/mol. The Balaban J connectivity index is 1.66. The number of carbonyl (C=O) groups excluding carboxylic acids is 1. The summed E-state index contributed by atoms with van der Waals surface area (Å²) in [6.45, 7) is 6.82. The lowest BCUT2D eigenvalue weighted by Crippen LogP contribution is -2.27. The number of amides is 1. The predicted octanol–water partition coefficient (Wildman–Crippen LogP) is 4.91. The van der Waals surface area contributed by atoms with Crippen LogP contribution in [0.4, 0.5) is 0 Å². The lowest BCUT2D eigenvalue weighted by molar-refractivity contribution is -0.117. The van der Waals surface area contributed by atoms with E-state index in [2.05, 4.69) is 16.5 Å². The number of nitrogens with one attached hydrogen (secondary N) is 1. The molecule has 1 amide bonds. The van der Waals surface area contributed by atoms with E-state index in [1.54, 1.807) is 0 Å². The van der Waals surface area contributed by atoms with Gasteiger partial charge in [0.2, 0.25) is 5.91 Å². The van der Waals surface area contributed by atoms with Crippen molar-refractivity contribution in [2.75, 3.05) is 6.61 Å². The van der Waals surface area contributed by atoms with Gasteiger partial charge in [-0.15, -0.1) is 0 Å². The first-order valence-corrected chi connectivity index (χ1v) is 9.73. The molecule has 28 heavy (non-hydrogen) atoms. The first-order chi connectivity index (χ1) is 13.6. The van der Waals surface area contributed by atoms with Gasteiger partial charge in [0.05, 0.1) is 28.7 Å². The van der Waals surface area contributed by atoms with Crippen LogP contribution in [0.1, 0.15) is 31.6 Å². The molecule has 0 spiro atoms. The maximum atomic E-state index is 11.7. The van der Waals surface area contributed by atoms with Gasteiger partial charge in [0.25, 0.3) is 0 Å². The van der Waals surface area contributed by atoms with E-state index in [1.807, 2.05) is 55.5 Å². The van der Waals surface area contributed by atoms with Gasteiger partial charge in [-0.2, -0.15) is 0 Å². The molecule has 0 radical (unpaired) electrons. The number of carbonyl (C=O) groups is 1. The molecule has 0 saturated heterocycles.